The van der Waals surface area contributed by atoms with Crippen molar-refractivity contribution in [2.75, 3.05) is 19.7 Å². The molecular weight excluding hydrogens is 452 g/mol. The molecule has 7 nitrogen and oxygen atoms in total. The van der Waals surface area contributed by atoms with E-state index in [0.29, 0.717) is 43.9 Å². The number of rotatable bonds is 6. The Hall–Kier alpha value is -3.58. The number of hydrogen-bond acceptors (Lipinski definition) is 5. The summed E-state index contributed by atoms with van der Waals surface area (Å²) in [6.45, 7) is 6.27. The first kappa shape index (κ1) is 24.1. The van der Waals surface area contributed by atoms with Gasteiger partial charge in [0.15, 0.2) is 0 Å². The van der Waals surface area contributed by atoms with Gasteiger partial charge in [-0.2, -0.15) is 0 Å². The second-order valence-electron chi connectivity index (χ2n) is 9.56. The highest BCUT2D eigenvalue weighted by Gasteiger charge is 2.47. The number of nitrogens with zero attached hydrogens (tertiary/aromatic N) is 4. The summed E-state index contributed by atoms with van der Waals surface area (Å²) in [5, 5.41) is 0. The number of carbonyl (C=O) groups is 2. The van der Waals surface area contributed by atoms with E-state index in [9.17, 15) is 9.59 Å². The molecule has 2 aromatic heterocycles. The van der Waals surface area contributed by atoms with E-state index in [0.717, 1.165) is 23.1 Å². The molecule has 0 aliphatic carbocycles. The van der Waals surface area contributed by atoms with Gasteiger partial charge < -0.3 is 14.5 Å². The lowest BCUT2D eigenvalue weighted by Crippen LogP contribution is -2.56. The van der Waals surface area contributed by atoms with Crippen molar-refractivity contribution in [3.05, 3.63) is 83.8 Å². The van der Waals surface area contributed by atoms with Gasteiger partial charge in [0.05, 0.1) is 29.3 Å². The fourth-order valence-corrected chi connectivity index (χ4v) is 5.49. The van der Waals surface area contributed by atoms with Crippen LogP contribution in [-0.4, -0.2) is 63.4 Å². The van der Waals surface area contributed by atoms with Crippen LogP contribution in [0.25, 0.3) is 11.3 Å². The smallest absolute Gasteiger partial charge is 0.256 e. The number of amides is 2. The minimum Gasteiger partial charge on any atom is -0.375 e. The molecule has 186 valence electrons. The molecule has 0 unspecified atom stereocenters. The van der Waals surface area contributed by atoms with Crippen molar-refractivity contribution in [3.8, 4) is 11.3 Å². The molecule has 0 N–H and O–H groups in total. The molecule has 2 amide bonds. The van der Waals surface area contributed by atoms with Crippen molar-refractivity contribution in [2.45, 2.75) is 45.4 Å². The molecule has 0 saturated carbocycles. The van der Waals surface area contributed by atoms with Gasteiger partial charge in [-0.3, -0.25) is 19.6 Å². The fraction of sp³-hybridized carbons (Fsp3) is 0.379. The Morgan fingerprint density at radius 3 is 2.69 bits per heavy atom. The molecule has 3 atom stereocenters. The number of benzene rings is 1. The van der Waals surface area contributed by atoms with E-state index in [4.69, 9.17) is 4.74 Å². The third-order valence-electron chi connectivity index (χ3n) is 7.30. The number of pyridine rings is 2. The molecule has 1 aromatic carbocycles. The second-order valence-corrected chi connectivity index (χ2v) is 9.56. The summed E-state index contributed by atoms with van der Waals surface area (Å²) in [6, 6.07) is 15.5. The van der Waals surface area contributed by atoms with Gasteiger partial charge in [0.1, 0.15) is 0 Å². The minimum absolute atomic E-state index is 0.0462. The average Bonchev–Trinajstić information content (AvgIpc) is 3.41. The number of likely N-dealkylation sites (tertiary alicyclic amines) is 1. The zero-order chi connectivity index (χ0) is 25.1. The highest BCUT2D eigenvalue weighted by atomic mass is 16.5. The van der Waals surface area contributed by atoms with Gasteiger partial charge in [0.25, 0.3) is 5.91 Å². The van der Waals surface area contributed by atoms with Crippen molar-refractivity contribution >= 4 is 11.8 Å². The lowest BCUT2D eigenvalue weighted by Gasteiger charge is -2.42. The van der Waals surface area contributed by atoms with Crippen molar-refractivity contribution in [2.24, 2.45) is 5.92 Å². The Labute approximate surface area is 212 Å². The maximum Gasteiger partial charge on any atom is 0.256 e. The summed E-state index contributed by atoms with van der Waals surface area (Å²) in [5.74, 6) is -0.205. The molecule has 0 bridgehead atoms. The SMILES string of the molecule is CCN(Cc1ccncc1)C(=O)[C@@H]1CCN(C(=O)c2cccnc2-c2cccc(C)c2)[C@@H]2CCO[C@@H]21. The number of hydrogen-bond donors (Lipinski definition) is 0. The summed E-state index contributed by atoms with van der Waals surface area (Å²) >= 11 is 0. The van der Waals surface area contributed by atoms with Crippen LogP contribution in [0, 0.1) is 12.8 Å². The van der Waals surface area contributed by atoms with Crippen LogP contribution in [0.4, 0.5) is 0 Å². The van der Waals surface area contributed by atoms with E-state index >= 15 is 0 Å². The third kappa shape index (κ3) is 4.75. The number of ether oxygens (including phenoxy) is 1. The summed E-state index contributed by atoms with van der Waals surface area (Å²) in [6.07, 6.45) is 6.24. The van der Waals surface area contributed by atoms with Crippen LogP contribution in [0.3, 0.4) is 0 Å². The van der Waals surface area contributed by atoms with Crippen LogP contribution in [0.1, 0.15) is 41.3 Å². The van der Waals surface area contributed by atoms with Gasteiger partial charge in [0, 0.05) is 50.4 Å². The molecule has 0 spiro atoms. The molecule has 4 heterocycles. The largest absolute Gasteiger partial charge is 0.375 e. The Morgan fingerprint density at radius 1 is 1.08 bits per heavy atom. The van der Waals surface area contributed by atoms with E-state index in [-0.39, 0.29) is 29.9 Å². The summed E-state index contributed by atoms with van der Waals surface area (Å²) < 4.78 is 6.12. The number of fused-ring (bicyclic) bond motifs is 1. The maximum atomic E-state index is 13.9. The Bertz CT molecular complexity index is 1230. The van der Waals surface area contributed by atoms with E-state index in [2.05, 4.69) is 9.97 Å². The molecular formula is C29H32N4O3. The van der Waals surface area contributed by atoms with E-state index in [1.54, 1.807) is 18.6 Å². The van der Waals surface area contributed by atoms with Crippen LogP contribution < -0.4 is 0 Å². The molecule has 2 fully saturated rings. The molecule has 7 heteroatoms. The number of piperidine rings is 1. The van der Waals surface area contributed by atoms with Crippen LogP contribution >= 0.6 is 0 Å². The first-order chi connectivity index (χ1) is 17.6. The molecule has 5 rings (SSSR count). The predicted octanol–water partition coefficient (Wildman–Crippen LogP) is 4.12. The van der Waals surface area contributed by atoms with Crippen molar-refractivity contribution in [1.82, 2.24) is 19.8 Å². The number of aryl methyl sites for hydroxylation is 1. The van der Waals surface area contributed by atoms with Crippen molar-refractivity contribution in [1.29, 1.82) is 0 Å². The minimum atomic E-state index is -0.291. The average molecular weight is 485 g/mol. The molecule has 36 heavy (non-hydrogen) atoms. The quantitative estimate of drug-likeness (QED) is 0.526. The van der Waals surface area contributed by atoms with Gasteiger partial charge in [-0.1, -0.05) is 23.8 Å². The van der Waals surface area contributed by atoms with Gasteiger partial charge >= 0.3 is 0 Å². The Balaban J connectivity index is 1.36. The van der Waals surface area contributed by atoms with Crippen LogP contribution in [-0.2, 0) is 16.1 Å². The topological polar surface area (TPSA) is 75.6 Å². The van der Waals surface area contributed by atoms with Crippen LogP contribution in [0.15, 0.2) is 67.1 Å². The van der Waals surface area contributed by atoms with E-state index in [1.165, 1.54) is 0 Å². The van der Waals surface area contributed by atoms with Crippen LogP contribution in [0.5, 0.6) is 0 Å². The normalized spacial score (nSPS) is 21.2. The molecule has 2 aliphatic heterocycles. The molecule has 2 saturated heterocycles. The predicted molar refractivity (Wildman–Crippen MR) is 137 cm³/mol. The lowest BCUT2D eigenvalue weighted by atomic mass is 9.85. The molecule has 0 radical (unpaired) electrons. The zero-order valence-electron chi connectivity index (χ0n) is 20.8. The number of aromatic nitrogens is 2. The lowest BCUT2D eigenvalue weighted by molar-refractivity contribution is -0.144. The third-order valence-corrected chi connectivity index (χ3v) is 7.30. The summed E-state index contributed by atoms with van der Waals surface area (Å²) in [7, 11) is 0. The Morgan fingerprint density at radius 2 is 1.92 bits per heavy atom. The van der Waals surface area contributed by atoms with E-state index in [1.807, 2.05) is 72.2 Å². The zero-order valence-corrected chi connectivity index (χ0v) is 20.8. The highest BCUT2D eigenvalue weighted by molar-refractivity contribution is 6.00. The number of carbonyl (C=O) groups excluding carboxylic acids is 2. The van der Waals surface area contributed by atoms with Gasteiger partial charge in [0.2, 0.25) is 5.91 Å². The first-order valence-corrected chi connectivity index (χ1v) is 12.7. The van der Waals surface area contributed by atoms with Gasteiger partial charge in [-0.05, 0) is 62.6 Å². The second kappa shape index (κ2) is 10.6. The monoisotopic (exact) mass is 484 g/mol. The summed E-state index contributed by atoms with van der Waals surface area (Å²) in [4.78, 5) is 39.9. The Kier molecular flexibility index (Phi) is 7.09. The van der Waals surface area contributed by atoms with Crippen LogP contribution in [0.2, 0.25) is 0 Å². The molecule has 3 aromatic rings. The fourth-order valence-electron chi connectivity index (χ4n) is 5.49. The van der Waals surface area contributed by atoms with Gasteiger partial charge in [-0.15, -0.1) is 0 Å². The highest BCUT2D eigenvalue weighted by Crippen LogP contribution is 2.36. The maximum absolute atomic E-state index is 13.9. The van der Waals surface area contributed by atoms with E-state index < -0.39 is 0 Å². The van der Waals surface area contributed by atoms with Crippen molar-refractivity contribution < 1.29 is 14.3 Å². The van der Waals surface area contributed by atoms with Gasteiger partial charge in [-0.25, -0.2) is 0 Å². The summed E-state index contributed by atoms with van der Waals surface area (Å²) in [5.41, 5.74) is 4.38. The standard InChI is InChI=1S/C29H32N4O3/c1-3-32(19-21-9-14-30-15-10-21)28(34)24-11-16-33(25-12-17-36-27(24)25)29(35)23-8-5-13-31-26(23)22-7-4-6-20(2)18-22/h4-10,13-15,18,24-25,27H,3,11-12,16-17,19H2,1-2H3/t24-,25-,27-/m1/s1. The first-order valence-electron chi connectivity index (χ1n) is 12.7. The van der Waals surface area contributed by atoms with Crippen molar-refractivity contribution in [3.63, 3.8) is 0 Å². The molecule has 2 aliphatic rings.